The van der Waals surface area contributed by atoms with Crippen LogP contribution in [-0.4, -0.2) is 5.11 Å². The van der Waals surface area contributed by atoms with E-state index in [4.69, 9.17) is 10.4 Å². The van der Waals surface area contributed by atoms with Gasteiger partial charge in [0, 0.05) is 5.57 Å². The molecule has 0 aliphatic carbocycles. The first-order chi connectivity index (χ1) is 4.16. The third-order valence-electron chi connectivity index (χ3n) is 0.751. The molecule has 48 valence electrons. The standard InChI is InChI=1S/C7H9NO/c1-6(5-8)3-4-7(2)9/h3-4,9H,1-2H3/b6-3+,7-4+. The van der Waals surface area contributed by atoms with Crippen LogP contribution in [-0.2, 0) is 0 Å². The summed E-state index contributed by atoms with van der Waals surface area (Å²) in [6.45, 7) is 3.24. The Labute approximate surface area is 54.7 Å². The van der Waals surface area contributed by atoms with Gasteiger partial charge in [-0.3, -0.25) is 0 Å². The maximum atomic E-state index is 8.60. The number of rotatable bonds is 1. The summed E-state index contributed by atoms with van der Waals surface area (Å²) in [5.74, 6) is 0.213. The second kappa shape index (κ2) is 3.73. The van der Waals surface area contributed by atoms with Gasteiger partial charge in [-0.1, -0.05) is 0 Å². The van der Waals surface area contributed by atoms with Crippen molar-refractivity contribution in [3.8, 4) is 6.07 Å². The Morgan fingerprint density at radius 3 is 2.33 bits per heavy atom. The Kier molecular flexibility index (Phi) is 3.22. The van der Waals surface area contributed by atoms with Gasteiger partial charge in [0.2, 0.25) is 0 Å². The van der Waals surface area contributed by atoms with Crippen LogP contribution in [0.15, 0.2) is 23.5 Å². The highest BCUT2D eigenvalue weighted by atomic mass is 16.3. The van der Waals surface area contributed by atoms with Crippen LogP contribution in [0.3, 0.4) is 0 Å². The van der Waals surface area contributed by atoms with E-state index in [1.54, 1.807) is 19.9 Å². The van der Waals surface area contributed by atoms with E-state index in [0.717, 1.165) is 0 Å². The van der Waals surface area contributed by atoms with Crippen molar-refractivity contribution in [3.63, 3.8) is 0 Å². The van der Waals surface area contributed by atoms with E-state index in [0.29, 0.717) is 5.57 Å². The molecule has 0 aromatic rings. The van der Waals surface area contributed by atoms with Crippen LogP contribution in [0.5, 0.6) is 0 Å². The van der Waals surface area contributed by atoms with Crippen molar-refractivity contribution in [2.24, 2.45) is 0 Å². The molecule has 0 bridgehead atoms. The van der Waals surface area contributed by atoms with Gasteiger partial charge in [-0.15, -0.1) is 0 Å². The van der Waals surface area contributed by atoms with E-state index < -0.39 is 0 Å². The maximum absolute atomic E-state index is 8.60. The number of aliphatic hydroxyl groups is 1. The largest absolute Gasteiger partial charge is 0.513 e. The average molecular weight is 123 g/mol. The average Bonchev–Trinajstić information content (AvgIpc) is 1.83. The van der Waals surface area contributed by atoms with Crippen molar-refractivity contribution in [2.45, 2.75) is 13.8 Å². The lowest BCUT2D eigenvalue weighted by molar-refractivity contribution is 0.414. The van der Waals surface area contributed by atoms with Gasteiger partial charge in [-0.25, -0.2) is 0 Å². The molecule has 0 spiro atoms. The van der Waals surface area contributed by atoms with Gasteiger partial charge in [0.05, 0.1) is 11.8 Å². The number of hydrogen-bond acceptors (Lipinski definition) is 2. The SMILES string of the molecule is C/C(O)=C\C=C(/C)C#N. The van der Waals surface area contributed by atoms with E-state index >= 15 is 0 Å². The highest BCUT2D eigenvalue weighted by Gasteiger charge is 1.79. The summed E-state index contributed by atoms with van der Waals surface area (Å²) in [5, 5.41) is 16.8. The molecule has 1 N–H and O–H groups in total. The summed E-state index contributed by atoms with van der Waals surface area (Å²) in [6.07, 6.45) is 3.05. The lowest BCUT2D eigenvalue weighted by Gasteiger charge is -1.82. The zero-order valence-electron chi connectivity index (χ0n) is 5.55. The zero-order chi connectivity index (χ0) is 7.28. The van der Waals surface area contributed by atoms with Crippen LogP contribution >= 0.6 is 0 Å². The summed E-state index contributed by atoms with van der Waals surface area (Å²) >= 11 is 0. The second-order valence-corrected chi connectivity index (χ2v) is 1.77. The van der Waals surface area contributed by atoms with Crippen molar-refractivity contribution in [2.75, 3.05) is 0 Å². The predicted molar refractivity (Wildman–Crippen MR) is 35.8 cm³/mol. The molecule has 0 unspecified atom stereocenters. The van der Waals surface area contributed by atoms with Crippen LogP contribution < -0.4 is 0 Å². The fraction of sp³-hybridized carbons (Fsp3) is 0.286. The smallest absolute Gasteiger partial charge is 0.0944 e. The molecule has 0 aliphatic heterocycles. The molecule has 2 nitrogen and oxygen atoms in total. The third kappa shape index (κ3) is 4.63. The third-order valence-corrected chi connectivity index (χ3v) is 0.751. The number of nitriles is 1. The minimum Gasteiger partial charge on any atom is -0.513 e. The van der Waals surface area contributed by atoms with E-state index in [9.17, 15) is 0 Å². The summed E-state index contributed by atoms with van der Waals surface area (Å²) in [4.78, 5) is 0. The van der Waals surface area contributed by atoms with Crippen molar-refractivity contribution in [1.29, 1.82) is 5.26 Å². The highest BCUT2D eigenvalue weighted by molar-refractivity contribution is 5.23. The van der Waals surface area contributed by atoms with Crippen LogP contribution in [0, 0.1) is 11.3 Å². The Bertz CT molecular complexity index is 180. The molecule has 0 heterocycles. The quantitative estimate of drug-likeness (QED) is 0.329. The highest BCUT2D eigenvalue weighted by Crippen LogP contribution is 1.91. The summed E-state index contributed by atoms with van der Waals surface area (Å²) in [7, 11) is 0. The molecular weight excluding hydrogens is 114 g/mol. The molecule has 2 heteroatoms. The van der Waals surface area contributed by atoms with Gasteiger partial charge >= 0.3 is 0 Å². The number of hydrogen-bond donors (Lipinski definition) is 1. The molecule has 0 rings (SSSR count). The van der Waals surface area contributed by atoms with Gasteiger partial charge in [0.1, 0.15) is 0 Å². The first-order valence-corrected chi connectivity index (χ1v) is 2.61. The number of aliphatic hydroxyl groups excluding tert-OH is 1. The fourth-order valence-electron chi connectivity index (χ4n) is 0.283. The van der Waals surface area contributed by atoms with Crippen LogP contribution in [0.4, 0.5) is 0 Å². The summed E-state index contributed by atoms with van der Waals surface area (Å²) < 4.78 is 0. The number of allylic oxidation sites excluding steroid dienone is 4. The minimum absolute atomic E-state index is 0.213. The molecule has 0 saturated carbocycles. The molecule has 0 saturated heterocycles. The Morgan fingerprint density at radius 2 is 2.00 bits per heavy atom. The minimum atomic E-state index is 0.213. The van der Waals surface area contributed by atoms with Gasteiger partial charge in [0.25, 0.3) is 0 Å². The lowest BCUT2D eigenvalue weighted by atomic mass is 10.3. The van der Waals surface area contributed by atoms with Crippen LogP contribution in [0.1, 0.15) is 13.8 Å². The van der Waals surface area contributed by atoms with Crippen LogP contribution in [0.2, 0.25) is 0 Å². The summed E-state index contributed by atoms with van der Waals surface area (Å²) in [5.41, 5.74) is 0.586. The van der Waals surface area contributed by atoms with Crippen molar-refractivity contribution in [3.05, 3.63) is 23.5 Å². The van der Waals surface area contributed by atoms with Gasteiger partial charge in [-0.05, 0) is 26.0 Å². The molecule has 0 aromatic heterocycles. The lowest BCUT2D eigenvalue weighted by Crippen LogP contribution is -1.68. The van der Waals surface area contributed by atoms with Gasteiger partial charge in [0.15, 0.2) is 0 Å². The van der Waals surface area contributed by atoms with E-state index in [1.165, 1.54) is 6.08 Å². The van der Waals surface area contributed by atoms with Gasteiger partial charge in [-0.2, -0.15) is 5.26 Å². The maximum Gasteiger partial charge on any atom is 0.0944 e. The molecule has 0 radical (unpaired) electrons. The second-order valence-electron chi connectivity index (χ2n) is 1.77. The summed E-state index contributed by atoms with van der Waals surface area (Å²) in [6, 6.07) is 1.93. The Balaban J connectivity index is 4.03. The number of nitrogens with zero attached hydrogens (tertiary/aromatic N) is 1. The van der Waals surface area contributed by atoms with Crippen molar-refractivity contribution < 1.29 is 5.11 Å². The first kappa shape index (κ1) is 7.77. The van der Waals surface area contributed by atoms with E-state index in [2.05, 4.69) is 0 Å². The fourth-order valence-corrected chi connectivity index (χ4v) is 0.283. The Morgan fingerprint density at radius 1 is 1.44 bits per heavy atom. The van der Waals surface area contributed by atoms with E-state index in [1.807, 2.05) is 6.07 Å². The van der Waals surface area contributed by atoms with Crippen molar-refractivity contribution >= 4 is 0 Å². The normalized spacial score (nSPS) is 13.0. The monoisotopic (exact) mass is 123 g/mol. The zero-order valence-corrected chi connectivity index (χ0v) is 5.55. The van der Waals surface area contributed by atoms with Crippen molar-refractivity contribution in [1.82, 2.24) is 0 Å². The topological polar surface area (TPSA) is 44.0 Å². The molecular formula is C7H9NO. The van der Waals surface area contributed by atoms with Gasteiger partial charge < -0.3 is 5.11 Å². The first-order valence-electron chi connectivity index (χ1n) is 2.61. The predicted octanol–water partition coefficient (Wildman–Crippen LogP) is 1.92. The molecule has 0 aliphatic rings. The molecule has 0 atom stereocenters. The molecule has 0 amide bonds. The van der Waals surface area contributed by atoms with E-state index in [-0.39, 0.29) is 5.76 Å². The molecule has 0 aromatic carbocycles. The van der Waals surface area contributed by atoms with Crippen LogP contribution in [0.25, 0.3) is 0 Å². The molecule has 9 heavy (non-hydrogen) atoms. The Hall–Kier alpha value is -1.23. The molecule has 0 fully saturated rings.